The number of rotatable bonds is 3. The Morgan fingerprint density at radius 2 is 1.86 bits per heavy atom. The Kier molecular flexibility index (Phi) is 3.80. The molecule has 1 N–H and O–H groups in total. The molecule has 1 aromatic rings. The van der Waals surface area contributed by atoms with E-state index in [4.69, 9.17) is 0 Å². The highest BCUT2D eigenvalue weighted by atomic mass is 32.2. The predicted octanol–water partition coefficient (Wildman–Crippen LogP) is 1.96. The minimum absolute atomic E-state index is 0.0265. The van der Waals surface area contributed by atoms with E-state index in [1.807, 2.05) is 0 Å². The van der Waals surface area contributed by atoms with Crippen LogP contribution in [0.25, 0.3) is 0 Å². The SMILES string of the molecule is Cc1cc(F)cc(C)c1S(=O)(=O)NC1CCN2CCCC12. The first-order valence-electron chi connectivity index (χ1n) is 7.41. The topological polar surface area (TPSA) is 49.4 Å². The lowest BCUT2D eigenvalue weighted by molar-refractivity contribution is 0.309. The van der Waals surface area contributed by atoms with Crippen molar-refractivity contribution < 1.29 is 12.8 Å². The third kappa shape index (κ3) is 2.72. The molecule has 0 aliphatic carbocycles. The number of halogens is 1. The van der Waals surface area contributed by atoms with Crippen molar-refractivity contribution in [2.75, 3.05) is 13.1 Å². The first-order chi connectivity index (χ1) is 9.88. The lowest BCUT2D eigenvalue weighted by atomic mass is 10.1. The number of benzene rings is 1. The van der Waals surface area contributed by atoms with E-state index >= 15 is 0 Å². The van der Waals surface area contributed by atoms with Crippen LogP contribution in [0.2, 0.25) is 0 Å². The zero-order valence-electron chi connectivity index (χ0n) is 12.4. The molecule has 2 unspecified atom stereocenters. The summed E-state index contributed by atoms with van der Waals surface area (Å²) >= 11 is 0. The minimum Gasteiger partial charge on any atom is -0.299 e. The molecule has 0 bridgehead atoms. The van der Waals surface area contributed by atoms with Crippen molar-refractivity contribution in [3.8, 4) is 0 Å². The van der Waals surface area contributed by atoms with E-state index in [0.29, 0.717) is 17.2 Å². The van der Waals surface area contributed by atoms with Gasteiger partial charge in [0.05, 0.1) is 4.90 Å². The van der Waals surface area contributed by atoms with Crippen LogP contribution in [0.5, 0.6) is 0 Å². The first kappa shape index (κ1) is 14.9. The van der Waals surface area contributed by atoms with Crippen molar-refractivity contribution in [1.82, 2.24) is 9.62 Å². The maximum Gasteiger partial charge on any atom is 0.241 e. The smallest absolute Gasteiger partial charge is 0.241 e. The number of hydrogen-bond donors (Lipinski definition) is 1. The van der Waals surface area contributed by atoms with Gasteiger partial charge in [-0.1, -0.05) is 0 Å². The molecular weight excluding hydrogens is 291 g/mol. The van der Waals surface area contributed by atoms with Gasteiger partial charge in [0.25, 0.3) is 0 Å². The van der Waals surface area contributed by atoms with E-state index in [0.717, 1.165) is 32.4 Å². The molecule has 3 rings (SSSR count). The lowest BCUT2D eigenvalue weighted by Crippen LogP contribution is -2.42. The second-order valence-corrected chi connectivity index (χ2v) is 7.78. The number of hydrogen-bond acceptors (Lipinski definition) is 3. The number of nitrogens with zero attached hydrogens (tertiary/aromatic N) is 1. The summed E-state index contributed by atoms with van der Waals surface area (Å²) in [5, 5.41) is 0. The van der Waals surface area contributed by atoms with Crippen LogP contribution in [0.15, 0.2) is 17.0 Å². The van der Waals surface area contributed by atoms with Crippen molar-refractivity contribution in [2.24, 2.45) is 0 Å². The van der Waals surface area contributed by atoms with Gasteiger partial charge in [-0.15, -0.1) is 0 Å². The van der Waals surface area contributed by atoms with Crippen molar-refractivity contribution in [3.05, 3.63) is 29.1 Å². The summed E-state index contributed by atoms with van der Waals surface area (Å²) in [6.45, 7) is 5.30. The Labute approximate surface area is 125 Å². The molecule has 2 atom stereocenters. The molecule has 0 radical (unpaired) electrons. The van der Waals surface area contributed by atoms with Gasteiger partial charge in [-0.25, -0.2) is 17.5 Å². The summed E-state index contributed by atoms with van der Waals surface area (Å²) in [6.07, 6.45) is 3.04. The molecule has 116 valence electrons. The second-order valence-electron chi connectivity index (χ2n) is 6.13. The van der Waals surface area contributed by atoms with E-state index < -0.39 is 15.8 Å². The Balaban J connectivity index is 1.88. The molecule has 2 aliphatic rings. The standard InChI is InChI=1S/C15H21FN2O2S/c1-10-8-12(16)9-11(2)15(10)21(19,20)17-13-5-7-18-6-3-4-14(13)18/h8-9,13-14,17H,3-7H2,1-2H3. The molecule has 0 amide bonds. The van der Waals surface area contributed by atoms with Gasteiger partial charge in [-0.3, -0.25) is 4.90 Å². The highest BCUT2D eigenvalue weighted by Crippen LogP contribution is 2.30. The quantitative estimate of drug-likeness (QED) is 0.928. The monoisotopic (exact) mass is 312 g/mol. The van der Waals surface area contributed by atoms with Crippen LogP contribution in [0.1, 0.15) is 30.4 Å². The van der Waals surface area contributed by atoms with Gasteiger partial charge in [-0.05, 0) is 62.9 Å². The van der Waals surface area contributed by atoms with Crippen LogP contribution < -0.4 is 4.72 Å². The van der Waals surface area contributed by atoms with E-state index in [9.17, 15) is 12.8 Å². The molecule has 21 heavy (non-hydrogen) atoms. The summed E-state index contributed by atoms with van der Waals surface area (Å²) in [6, 6.07) is 2.85. The number of fused-ring (bicyclic) bond motifs is 1. The van der Waals surface area contributed by atoms with Gasteiger partial charge in [0.15, 0.2) is 0 Å². The third-order valence-corrected chi connectivity index (χ3v) is 6.40. The molecule has 1 aromatic carbocycles. The van der Waals surface area contributed by atoms with Gasteiger partial charge in [0.1, 0.15) is 5.82 Å². The van der Waals surface area contributed by atoms with Crippen LogP contribution in [-0.4, -0.2) is 38.5 Å². The van der Waals surface area contributed by atoms with Crippen molar-refractivity contribution >= 4 is 10.0 Å². The van der Waals surface area contributed by atoms with Crippen LogP contribution in [-0.2, 0) is 10.0 Å². The lowest BCUT2D eigenvalue weighted by Gasteiger charge is -2.22. The average molecular weight is 312 g/mol. The van der Waals surface area contributed by atoms with Gasteiger partial charge in [-0.2, -0.15) is 0 Å². The van der Waals surface area contributed by atoms with Crippen LogP contribution >= 0.6 is 0 Å². The van der Waals surface area contributed by atoms with Crippen molar-refractivity contribution in [1.29, 1.82) is 0 Å². The number of nitrogens with one attached hydrogen (secondary N) is 1. The molecule has 4 nitrogen and oxygen atoms in total. The summed E-state index contributed by atoms with van der Waals surface area (Å²) in [4.78, 5) is 2.58. The van der Waals surface area contributed by atoms with Gasteiger partial charge in [0, 0.05) is 18.6 Å². The van der Waals surface area contributed by atoms with Crippen LogP contribution in [0, 0.1) is 19.7 Å². The Morgan fingerprint density at radius 1 is 1.19 bits per heavy atom. The fourth-order valence-electron chi connectivity index (χ4n) is 3.80. The Bertz CT molecular complexity index is 637. The molecule has 2 aliphatic heterocycles. The van der Waals surface area contributed by atoms with Crippen LogP contribution in [0.4, 0.5) is 4.39 Å². The van der Waals surface area contributed by atoms with Gasteiger partial charge < -0.3 is 0 Å². The molecule has 2 fully saturated rings. The molecule has 0 saturated carbocycles. The maximum atomic E-state index is 13.4. The molecule has 2 heterocycles. The normalized spacial score (nSPS) is 26.2. The second kappa shape index (κ2) is 5.34. The third-order valence-electron chi connectivity index (χ3n) is 4.61. The van der Waals surface area contributed by atoms with E-state index in [-0.39, 0.29) is 10.9 Å². The molecule has 2 saturated heterocycles. The molecule has 6 heteroatoms. The number of sulfonamides is 1. The minimum atomic E-state index is -3.60. The highest BCUT2D eigenvalue weighted by Gasteiger charge is 2.39. The maximum absolute atomic E-state index is 13.4. The fourth-order valence-corrected chi connectivity index (χ4v) is 5.56. The van der Waals surface area contributed by atoms with Gasteiger partial charge >= 0.3 is 0 Å². The summed E-state index contributed by atoms with van der Waals surface area (Å²) in [7, 11) is -3.60. The Morgan fingerprint density at radius 3 is 2.52 bits per heavy atom. The molecule has 0 spiro atoms. The largest absolute Gasteiger partial charge is 0.299 e. The van der Waals surface area contributed by atoms with Gasteiger partial charge in [0.2, 0.25) is 10.0 Å². The average Bonchev–Trinajstić information content (AvgIpc) is 2.92. The first-order valence-corrected chi connectivity index (χ1v) is 8.90. The van der Waals surface area contributed by atoms with Crippen molar-refractivity contribution in [2.45, 2.75) is 50.1 Å². The summed E-state index contributed by atoms with van der Waals surface area (Å²) < 4.78 is 41.6. The highest BCUT2D eigenvalue weighted by molar-refractivity contribution is 7.89. The molecular formula is C15H21FN2O2S. The van der Waals surface area contributed by atoms with E-state index in [1.165, 1.54) is 12.1 Å². The summed E-state index contributed by atoms with van der Waals surface area (Å²) in [5.74, 6) is -0.396. The zero-order chi connectivity index (χ0) is 15.2. The molecule has 0 aromatic heterocycles. The van der Waals surface area contributed by atoms with Crippen molar-refractivity contribution in [3.63, 3.8) is 0 Å². The number of aryl methyl sites for hydroxylation is 2. The zero-order valence-corrected chi connectivity index (χ0v) is 13.2. The van der Waals surface area contributed by atoms with E-state index in [2.05, 4.69) is 9.62 Å². The Hall–Kier alpha value is -0.980. The predicted molar refractivity (Wildman–Crippen MR) is 79.2 cm³/mol. The van der Waals surface area contributed by atoms with Crippen LogP contribution in [0.3, 0.4) is 0 Å². The fraction of sp³-hybridized carbons (Fsp3) is 0.600. The van der Waals surface area contributed by atoms with E-state index in [1.54, 1.807) is 13.8 Å². The summed E-state index contributed by atoms with van der Waals surface area (Å²) in [5.41, 5.74) is 0.919.